The van der Waals surface area contributed by atoms with Gasteiger partial charge in [0.15, 0.2) is 0 Å². The van der Waals surface area contributed by atoms with Crippen LogP contribution in [0.25, 0.3) is 0 Å². The number of nitrogens with zero attached hydrogens (tertiary/aromatic N) is 1. The molecular weight excluding hydrogens is 326 g/mol. The summed E-state index contributed by atoms with van der Waals surface area (Å²) in [6.07, 6.45) is 0. The van der Waals surface area contributed by atoms with Crippen molar-refractivity contribution in [2.24, 2.45) is 11.7 Å². The lowest BCUT2D eigenvalue weighted by Gasteiger charge is -2.21. The summed E-state index contributed by atoms with van der Waals surface area (Å²) >= 11 is 0. The monoisotopic (exact) mass is 353 g/mol. The molecule has 5 nitrogen and oxygen atoms in total. The van der Waals surface area contributed by atoms with Gasteiger partial charge < -0.3 is 16.0 Å². The molecule has 3 N–H and O–H groups in total. The second-order valence-electron chi connectivity index (χ2n) is 6.27. The lowest BCUT2D eigenvalue weighted by Crippen LogP contribution is -2.31. The molecule has 2 unspecified atom stereocenters. The first-order valence-corrected chi connectivity index (χ1v) is 8.98. The van der Waals surface area contributed by atoms with Gasteiger partial charge >= 0.3 is 0 Å². The van der Waals surface area contributed by atoms with E-state index >= 15 is 0 Å². The number of amides is 2. The van der Waals surface area contributed by atoms with E-state index in [1.54, 1.807) is 36.1 Å². The highest BCUT2D eigenvalue weighted by Crippen LogP contribution is 2.21. The molecule has 0 aliphatic rings. The third kappa shape index (κ3) is 4.70. The molecular formula is C21H27N3O2. The van der Waals surface area contributed by atoms with E-state index in [-0.39, 0.29) is 11.8 Å². The average molecular weight is 353 g/mol. The van der Waals surface area contributed by atoms with Gasteiger partial charge in [-0.05, 0) is 37.6 Å². The maximum atomic E-state index is 12.6. The first-order chi connectivity index (χ1) is 12.5. The van der Waals surface area contributed by atoms with Crippen LogP contribution in [0.15, 0.2) is 54.6 Å². The molecule has 0 heterocycles. The zero-order chi connectivity index (χ0) is 19.1. The smallest absolute Gasteiger partial charge is 0.253 e. The Morgan fingerprint density at radius 3 is 2.31 bits per heavy atom. The topological polar surface area (TPSA) is 75.4 Å². The molecule has 0 radical (unpaired) electrons. The van der Waals surface area contributed by atoms with E-state index < -0.39 is 12.0 Å². The average Bonchev–Trinajstić information content (AvgIpc) is 2.68. The maximum Gasteiger partial charge on any atom is 0.253 e. The second kappa shape index (κ2) is 9.15. The van der Waals surface area contributed by atoms with Crippen molar-refractivity contribution in [2.45, 2.75) is 26.8 Å². The Morgan fingerprint density at radius 2 is 1.69 bits per heavy atom. The molecule has 2 aromatic carbocycles. The van der Waals surface area contributed by atoms with Gasteiger partial charge in [0.2, 0.25) is 5.91 Å². The third-order valence-electron chi connectivity index (χ3n) is 4.56. The van der Waals surface area contributed by atoms with Crippen molar-refractivity contribution in [3.8, 4) is 0 Å². The van der Waals surface area contributed by atoms with E-state index in [0.717, 1.165) is 5.56 Å². The number of carbonyl (C=O) groups is 2. The maximum absolute atomic E-state index is 12.6. The zero-order valence-corrected chi connectivity index (χ0v) is 15.6. The van der Waals surface area contributed by atoms with Crippen molar-refractivity contribution in [2.75, 3.05) is 18.4 Å². The van der Waals surface area contributed by atoms with Crippen LogP contribution in [0.3, 0.4) is 0 Å². The number of benzene rings is 2. The van der Waals surface area contributed by atoms with Gasteiger partial charge in [0.25, 0.3) is 5.91 Å². The molecule has 0 aliphatic carbocycles. The van der Waals surface area contributed by atoms with Crippen molar-refractivity contribution in [1.82, 2.24) is 4.90 Å². The largest absolute Gasteiger partial charge is 0.339 e. The molecule has 2 aromatic rings. The standard InChI is InChI=1S/C21H27N3O2/c1-4-24(5-2)21(26)17-12-9-13-18(14-17)23-20(25)15(3)19(22)16-10-7-6-8-11-16/h6-15,19H,4-5,22H2,1-3H3,(H,23,25). The molecule has 2 rings (SSSR count). The molecule has 26 heavy (non-hydrogen) atoms. The van der Waals surface area contributed by atoms with Crippen LogP contribution in [0.4, 0.5) is 5.69 Å². The van der Waals surface area contributed by atoms with Crippen LogP contribution < -0.4 is 11.1 Å². The van der Waals surface area contributed by atoms with E-state index in [1.165, 1.54) is 0 Å². The summed E-state index contributed by atoms with van der Waals surface area (Å²) in [5.74, 6) is -0.617. The van der Waals surface area contributed by atoms with Crippen molar-refractivity contribution < 1.29 is 9.59 Å². The summed E-state index contributed by atoms with van der Waals surface area (Å²) in [4.78, 5) is 26.8. The van der Waals surface area contributed by atoms with Gasteiger partial charge in [-0.2, -0.15) is 0 Å². The Morgan fingerprint density at radius 1 is 1.04 bits per heavy atom. The summed E-state index contributed by atoms with van der Waals surface area (Å²) in [5.41, 5.74) is 8.30. The molecule has 0 spiro atoms. The Hall–Kier alpha value is -2.66. The Labute approximate surface area is 155 Å². The second-order valence-corrected chi connectivity index (χ2v) is 6.27. The summed E-state index contributed by atoms with van der Waals surface area (Å²) in [7, 11) is 0. The van der Waals surface area contributed by atoms with Crippen molar-refractivity contribution in [1.29, 1.82) is 0 Å². The number of hydrogen-bond acceptors (Lipinski definition) is 3. The van der Waals surface area contributed by atoms with Gasteiger partial charge in [-0.25, -0.2) is 0 Å². The number of nitrogens with two attached hydrogens (primary N) is 1. The summed E-state index contributed by atoms with van der Waals surface area (Å²) < 4.78 is 0. The highest BCUT2D eigenvalue weighted by atomic mass is 16.2. The lowest BCUT2D eigenvalue weighted by molar-refractivity contribution is -0.120. The summed E-state index contributed by atoms with van der Waals surface area (Å²) in [6, 6.07) is 16.2. The van der Waals surface area contributed by atoms with Crippen LogP contribution in [0, 0.1) is 5.92 Å². The van der Waals surface area contributed by atoms with Gasteiger partial charge in [0, 0.05) is 30.4 Å². The van der Waals surface area contributed by atoms with Crippen molar-refractivity contribution >= 4 is 17.5 Å². The molecule has 0 aromatic heterocycles. The van der Waals surface area contributed by atoms with Gasteiger partial charge in [-0.15, -0.1) is 0 Å². The molecule has 0 saturated heterocycles. The predicted octanol–water partition coefficient (Wildman–Crippen LogP) is 3.44. The fourth-order valence-corrected chi connectivity index (χ4v) is 2.81. The minimum Gasteiger partial charge on any atom is -0.339 e. The SMILES string of the molecule is CCN(CC)C(=O)c1cccc(NC(=O)C(C)C(N)c2ccccc2)c1. The fourth-order valence-electron chi connectivity index (χ4n) is 2.81. The van der Waals surface area contributed by atoms with Crippen LogP contribution in [-0.2, 0) is 4.79 Å². The molecule has 2 amide bonds. The molecule has 0 fully saturated rings. The van der Waals surface area contributed by atoms with Gasteiger partial charge in [-0.3, -0.25) is 9.59 Å². The highest BCUT2D eigenvalue weighted by Gasteiger charge is 2.22. The van der Waals surface area contributed by atoms with E-state index in [4.69, 9.17) is 5.73 Å². The molecule has 0 saturated carbocycles. The Kier molecular flexibility index (Phi) is 6.92. The lowest BCUT2D eigenvalue weighted by atomic mass is 9.94. The van der Waals surface area contributed by atoms with E-state index in [1.807, 2.05) is 44.2 Å². The Bertz CT molecular complexity index is 742. The number of nitrogens with one attached hydrogen (secondary N) is 1. The number of rotatable bonds is 7. The first-order valence-electron chi connectivity index (χ1n) is 8.98. The van der Waals surface area contributed by atoms with Gasteiger partial charge in [0.1, 0.15) is 0 Å². The van der Waals surface area contributed by atoms with Gasteiger partial charge in [-0.1, -0.05) is 43.3 Å². The minimum atomic E-state index is -0.403. The van der Waals surface area contributed by atoms with Crippen molar-refractivity contribution in [3.63, 3.8) is 0 Å². The van der Waals surface area contributed by atoms with Crippen LogP contribution in [0.1, 0.15) is 42.7 Å². The van der Waals surface area contributed by atoms with E-state index in [0.29, 0.717) is 24.3 Å². The normalized spacial score (nSPS) is 12.9. The molecule has 0 bridgehead atoms. The molecule has 138 valence electrons. The fraction of sp³-hybridized carbons (Fsp3) is 0.333. The van der Waals surface area contributed by atoms with Gasteiger partial charge in [0.05, 0.1) is 5.92 Å². The third-order valence-corrected chi connectivity index (χ3v) is 4.56. The number of hydrogen-bond donors (Lipinski definition) is 2. The minimum absolute atomic E-state index is 0.0415. The Balaban J connectivity index is 2.09. The molecule has 2 atom stereocenters. The number of anilines is 1. The van der Waals surface area contributed by atoms with Crippen molar-refractivity contribution in [3.05, 3.63) is 65.7 Å². The predicted molar refractivity (Wildman–Crippen MR) is 105 cm³/mol. The van der Waals surface area contributed by atoms with E-state index in [2.05, 4.69) is 5.32 Å². The summed E-state index contributed by atoms with van der Waals surface area (Å²) in [5, 5.41) is 2.87. The first kappa shape index (κ1) is 19.7. The molecule has 5 heteroatoms. The van der Waals surface area contributed by atoms with Crippen LogP contribution in [0.5, 0.6) is 0 Å². The van der Waals surface area contributed by atoms with Crippen LogP contribution >= 0.6 is 0 Å². The highest BCUT2D eigenvalue weighted by molar-refractivity contribution is 5.97. The van der Waals surface area contributed by atoms with Crippen LogP contribution in [0.2, 0.25) is 0 Å². The zero-order valence-electron chi connectivity index (χ0n) is 15.6. The summed E-state index contributed by atoms with van der Waals surface area (Å²) in [6.45, 7) is 6.99. The molecule has 0 aliphatic heterocycles. The van der Waals surface area contributed by atoms with Crippen LogP contribution in [-0.4, -0.2) is 29.8 Å². The van der Waals surface area contributed by atoms with E-state index in [9.17, 15) is 9.59 Å². The quantitative estimate of drug-likeness (QED) is 0.800. The number of carbonyl (C=O) groups excluding carboxylic acids is 2.